The number of carbonyl (C=O) groups is 1. The molecule has 1 aromatic carbocycles. The maximum absolute atomic E-state index is 11.1. The van der Waals surface area contributed by atoms with Crippen LogP contribution in [0.2, 0.25) is 0 Å². The van der Waals surface area contributed by atoms with Gasteiger partial charge in [0.05, 0.1) is 23.9 Å². The number of benzene rings is 1. The van der Waals surface area contributed by atoms with Crippen LogP contribution in [0.4, 0.5) is 0 Å². The Balaban J connectivity index is 2.22. The van der Waals surface area contributed by atoms with Crippen LogP contribution in [0.25, 0.3) is 10.9 Å². The second kappa shape index (κ2) is 4.58. The van der Waals surface area contributed by atoms with Crippen molar-refractivity contribution in [3.63, 3.8) is 0 Å². The molecule has 3 rings (SSSR count). The molecule has 1 aliphatic rings. The van der Waals surface area contributed by atoms with E-state index in [2.05, 4.69) is 21.2 Å². The molecule has 1 unspecified atom stereocenters. The van der Waals surface area contributed by atoms with E-state index >= 15 is 0 Å². The summed E-state index contributed by atoms with van der Waals surface area (Å²) in [6.07, 6.45) is -0.0479. The molecule has 2 aromatic rings. The standard InChI is InChI=1S/C13H14N4O2/c1-7-4-10(12-14-6-15-17-12)9-5-8(13(18)19)2-3-11(9)16-7/h2-5,12,14-15,17H,6H2,1H3,(H,18,19). The Kier molecular flexibility index (Phi) is 2.90. The first-order valence-corrected chi connectivity index (χ1v) is 6.01. The first kappa shape index (κ1) is 12.0. The van der Waals surface area contributed by atoms with Crippen molar-refractivity contribution in [3.8, 4) is 0 Å². The average molecular weight is 258 g/mol. The lowest BCUT2D eigenvalue weighted by Gasteiger charge is -2.14. The predicted octanol–water partition coefficient (Wildman–Crippen LogP) is 0.895. The number of aromatic nitrogens is 1. The highest BCUT2D eigenvalue weighted by Crippen LogP contribution is 2.24. The molecule has 0 saturated carbocycles. The molecule has 1 aromatic heterocycles. The topological polar surface area (TPSA) is 86.3 Å². The molecule has 19 heavy (non-hydrogen) atoms. The van der Waals surface area contributed by atoms with Crippen molar-refractivity contribution in [3.05, 3.63) is 41.1 Å². The third-order valence-corrected chi connectivity index (χ3v) is 3.17. The number of nitrogens with zero attached hydrogens (tertiary/aromatic N) is 1. The lowest BCUT2D eigenvalue weighted by atomic mass is 10.0. The molecule has 0 radical (unpaired) electrons. The summed E-state index contributed by atoms with van der Waals surface area (Å²) in [6.45, 7) is 2.59. The van der Waals surface area contributed by atoms with E-state index in [1.807, 2.05) is 13.0 Å². The maximum Gasteiger partial charge on any atom is 0.335 e. The molecule has 2 heterocycles. The molecule has 4 N–H and O–H groups in total. The van der Waals surface area contributed by atoms with Crippen LogP contribution in [0.3, 0.4) is 0 Å². The Morgan fingerprint density at radius 2 is 2.26 bits per heavy atom. The van der Waals surface area contributed by atoms with Gasteiger partial charge < -0.3 is 5.11 Å². The zero-order valence-electron chi connectivity index (χ0n) is 10.4. The average Bonchev–Trinajstić information content (AvgIpc) is 2.90. The summed E-state index contributed by atoms with van der Waals surface area (Å²) in [5.41, 5.74) is 9.07. The van der Waals surface area contributed by atoms with E-state index < -0.39 is 5.97 Å². The van der Waals surface area contributed by atoms with Crippen molar-refractivity contribution in [2.45, 2.75) is 13.1 Å². The first-order valence-electron chi connectivity index (χ1n) is 6.01. The molecule has 6 nitrogen and oxygen atoms in total. The number of hydrazine groups is 1. The number of rotatable bonds is 2. The van der Waals surface area contributed by atoms with Crippen LogP contribution in [-0.4, -0.2) is 22.7 Å². The highest BCUT2D eigenvalue weighted by atomic mass is 16.4. The van der Waals surface area contributed by atoms with Gasteiger partial charge in [-0.1, -0.05) is 0 Å². The Morgan fingerprint density at radius 3 is 2.95 bits per heavy atom. The third kappa shape index (κ3) is 2.17. The fraction of sp³-hybridized carbons (Fsp3) is 0.231. The summed E-state index contributed by atoms with van der Waals surface area (Å²) >= 11 is 0. The summed E-state index contributed by atoms with van der Waals surface area (Å²) in [7, 11) is 0. The third-order valence-electron chi connectivity index (χ3n) is 3.17. The molecule has 0 spiro atoms. The number of aromatic carboxylic acids is 1. The van der Waals surface area contributed by atoms with Gasteiger partial charge in [0.25, 0.3) is 0 Å². The molecular formula is C13H14N4O2. The minimum atomic E-state index is -0.932. The van der Waals surface area contributed by atoms with Gasteiger partial charge in [-0.05, 0) is 36.8 Å². The molecular weight excluding hydrogens is 244 g/mol. The predicted molar refractivity (Wildman–Crippen MR) is 70.5 cm³/mol. The summed E-state index contributed by atoms with van der Waals surface area (Å²) in [4.78, 5) is 15.5. The van der Waals surface area contributed by atoms with Crippen LogP contribution in [0.15, 0.2) is 24.3 Å². The van der Waals surface area contributed by atoms with Crippen molar-refractivity contribution in [1.29, 1.82) is 0 Å². The van der Waals surface area contributed by atoms with E-state index in [-0.39, 0.29) is 11.7 Å². The SMILES string of the molecule is Cc1cc(C2NCNN2)c2cc(C(=O)O)ccc2n1. The van der Waals surface area contributed by atoms with Gasteiger partial charge in [-0.3, -0.25) is 10.3 Å². The highest BCUT2D eigenvalue weighted by Gasteiger charge is 2.19. The van der Waals surface area contributed by atoms with Gasteiger partial charge >= 0.3 is 5.97 Å². The molecule has 6 heteroatoms. The summed E-state index contributed by atoms with van der Waals surface area (Å²) in [6, 6.07) is 6.96. The monoisotopic (exact) mass is 258 g/mol. The van der Waals surface area contributed by atoms with E-state index in [0.717, 1.165) is 22.2 Å². The number of hydrogen-bond donors (Lipinski definition) is 4. The Hall–Kier alpha value is -2.02. The van der Waals surface area contributed by atoms with E-state index in [0.29, 0.717) is 6.67 Å². The van der Waals surface area contributed by atoms with Crippen LogP contribution >= 0.6 is 0 Å². The molecule has 0 amide bonds. The Morgan fingerprint density at radius 1 is 1.42 bits per heavy atom. The quantitative estimate of drug-likeness (QED) is 0.640. The molecule has 1 fully saturated rings. The zero-order chi connectivity index (χ0) is 13.4. The number of nitrogens with one attached hydrogen (secondary N) is 3. The summed E-state index contributed by atoms with van der Waals surface area (Å²) < 4.78 is 0. The normalized spacial score (nSPS) is 18.9. The summed E-state index contributed by atoms with van der Waals surface area (Å²) in [5.74, 6) is -0.932. The van der Waals surface area contributed by atoms with Crippen LogP contribution in [-0.2, 0) is 0 Å². The molecule has 1 aliphatic heterocycles. The van der Waals surface area contributed by atoms with Gasteiger partial charge in [-0.25, -0.2) is 15.6 Å². The number of aryl methyl sites for hydroxylation is 1. The van der Waals surface area contributed by atoms with Crippen molar-refractivity contribution >= 4 is 16.9 Å². The molecule has 1 saturated heterocycles. The zero-order valence-corrected chi connectivity index (χ0v) is 10.4. The second-order valence-corrected chi connectivity index (χ2v) is 4.52. The number of pyridine rings is 1. The summed E-state index contributed by atoms with van der Waals surface area (Å²) in [5, 5.41) is 13.2. The van der Waals surface area contributed by atoms with E-state index in [1.165, 1.54) is 0 Å². The van der Waals surface area contributed by atoms with Gasteiger partial charge in [0.2, 0.25) is 0 Å². The number of hydrogen-bond acceptors (Lipinski definition) is 5. The highest BCUT2D eigenvalue weighted by molar-refractivity contribution is 5.94. The van der Waals surface area contributed by atoms with Gasteiger partial charge in [0.15, 0.2) is 0 Å². The molecule has 1 atom stereocenters. The van der Waals surface area contributed by atoms with Gasteiger partial charge in [-0.2, -0.15) is 0 Å². The largest absolute Gasteiger partial charge is 0.478 e. The van der Waals surface area contributed by atoms with Crippen molar-refractivity contribution in [2.75, 3.05) is 6.67 Å². The van der Waals surface area contributed by atoms with E-state index in [9.17, 15) is 4.79 Å². The van der Waals surface area contributed by atoms with Gasteiger partial charge in [0, 0.05) is 11.1 Å². The molecule has 98 valence electrons. The minimum absolute atomic E-state index is 0.0479. The molecule has 0 aliphatic carbocycles. The number of fused-ring (bicyclic) bond motifs is 1. The fourth-order valence-electron chi connectivity index (χ4n) is 2.31. The van der Waals surface area contributed by atoms with Crippen molar-refractivity contribution < 1.29 is 9.90 Å². The first-order chi connectivity index (χ1) is 9.15. The van der Waals surface area contributed by atoms with Crippen LogP contribution in [0.5, 0.6) is 0 Å². The number of carboxylic acids is 1. The Labute approximate surface area is 109 Å². The second-order valence-electron chi connectivity index (χ2n) is 4.52. The van der Waals surface area contributed by atoms with E-state index in [1.54, 1.807) is 18.2 Å². The fourth-order valence-corrected chi connectivity index (χ4v) is 2.31. The van der Waals surface area contributed by atoms with E-state index in [4.69, 9.17) is 5.11 Å². The van der Waals surface area contributed by atoms with Crippen LogP contribution in [0, 0.1) is 6.92 Å². The Bertz CT molecular complexity index is 650. The lowest BCUT2D eigenvalue weighted by Crippen LogP contribution is -2.26. The minimum Gasteiger partial charge on any atom is -0.478 e. The van der Waals surface area contributed by atoms with Gasteiger partial charge in [-0.15, -0.1) is 0 Å². The van der Waals surface area contributed by atoms with Crippen LogP contribution < -0.4 is 16.2 Å². The number of carboxylic acid groups (broad SMARTS) is 1. The van der Waals surface area contributed by atoms with Crippen molar-refractivity contribution in [2.24, 2.45) is 0 Å². The van der Waals surface area contributed by atoms with Crippen molar-refractivity contribution in [1.82, 2.24) is 21.2 Å². The smallest absolute Gasteiger partial charge is 0.335 e. The lowest BCUT2D eigenvalue weighted by molar-refractivity contribution is 0.0697. The van der Waals surface area contributed by atoms with Crippen LogP contribution in [0.1, 0.15) is 27.8 Å². The molecule has 0 bridgehead atoms. The maximum atomic E-state index is 11.1. The van der Waals surface area contributed by atoms with Gasteiger partial charge in [0.1, 0.15) is 0 Å².